The van der Waals surface area contributed by atoms with Gasteiger partial charge in [0, 0.05) is 31.3 Å². The number of rotatable bonds is 8. The molecular weight excluding hydrogens is 238 g/mol. The van der Waals surface area contributed by atoms with Crippen molar-refractivity contribution < 1.29 is 9.47 Å². The Hall–Kier alpha value is -0.610. The molecule has 0 aromatic heterocycles. The number of hydrogen-bond donors (Lipinski definition) is 1. The highest BCUT2D eigenvalue weighted by Gasteiger charge is 2.06. The second-order valence-corrected chi connectivity index (χ2v) is 4.04. The maximum atomic E-state index is 5.91. The van der Waals surface area contributed by atoms with Gasteiger partial charge in [-0.1, -0.05) is 23.7 Å². The molecule has 17 heavy (non-hydrogen) atoms. The molecule has 0 radical (unpaired) electrons. The molecule has 1 aromatic carbocycles. The van der Waals surface area contributed by atoms with Crippen LogP contribution in [0.4, 0.5) is 0 Å². The van der Waals surface area contributed by atoms with Crippen molar-refractivity contribution in [3.63, 3.8) is 0 Å². The summed E-state index contributed by atoms with van der Waals surface area (Å²) < 4.78 is 10.9. The van der Waals surface area contributed by atoms with Crippen molar-refractivity contribution in [1.82, 2.24) is 5.32 Å². The topological polar surface area (TPSA) is 30.5 Å². The van der Waals surface area contributed by atoms with Gasteiger partial charge >= 0.3 is 0 Å². The van der Waals surface area contributed by atoms with Crippen molar-refractivity contribution in [2.45, 2.75) is 26.7 Å². The minimum absolute atomic E-state index is 0.177. The van der Waals surface area contributed by atoms with E-state index in [1.54, 1.807) is 0 Å². The van der Waals surface area contributed by atoms with E-state index < -0.39 is 0 Å². The summed E-state index contributed by atoms with van der Waals surface area (Å²) in [4.78, 5) is 0. The third kappa shape index (κ3) is 6.03. The second-order valence-electron chi connectivity index (χ2n) is 3.60. The Labute approximate surface area is 108 Å². The molecule has 0 bridgehead atoms. The van der Waals surface area contributed by atoms with E-state index in [-0.39, 0.29) is 6.29 Å². The second kappa shape index (κ2) is 8.48. The summed E-state index contributed by atoms with van der Waals surface area (Å²) in [6.45, 7) is 6.67. The van der Waals surface area contributed by atoms with Crippen LogP contribution in [0.25, 0.3) is 0 Å². The molecule has 3 nitrogen and oxygen atoms in total. The molecule has 0 aliphatic carbocycles. The number of ether oxygens (including phenoxy) is 2. The lowest BCUT2D eigenvalue weighted by atomic mass is 10.2. The van der Waals surface area contributed by atoms with E-state index in [4.69, 9.17) is 21.1 Å². The summed E-state index contributed by atoms with van der Waals surface area (Å²) in [5, 5.41) is 4.05. The average Bonchev–Trinajstić information content (AvgIpc) is 2.30. The summed E-state index contributed by atoms with van der Waals surface area (Å²) in [5.41, 5.74) is 1.16. The lowest BCUT2D eigenvalue weighted by molar-refractivity contribution is -0.133. The van der Waals surface area contributed by atoms with Crippen LogP contribution in [0.2, 0.25) is 5.02 Å². The maximum absolute atomic E-state index is 5.91. The summed E-state index contributed by atoms with van der Waals surface area (Å²) in [6.07, 6.45) is -0.177. The van der Waals surface area contributed by atoms with Crippen molar-refractivity contribution in [1.29, 1.82) is 0 Å². The first-order valence-corrected chi connectivity index (χ1v) is 6.32. The van der Waals surface area contributed by atoms with Crippen molar-refractivity contribution in [3.8, 4) is 0 Å². The number of benzene rings is 1. The van der Waals surface area contributed by atoms with Crippen LogP contribution in [0.5, 0.6) is 0 Å². The van der Waals surface area contributed by atoms with Gasteiger partial charge in [-0.05, 0) is 31.5 Å². The van der Waals surface area contributed by atoms with Crippen molar-refractivity contribution in [3.05, 3.63) is 34.9 Å². The minimum atomic E-state index is -0.177. The summed E-state index contributed by atoms with van der Waals surface area (Å²) in [5.74, 6) is 0. The third-order valence-corrected chi connectivity index (χ3v) is 2.47. The maximum Gasteiger partial charge on any atom is 0.169 e. The standard InChI is InChI=1S/C13H20ClNO2/c1-3-16-13(17-4-2)10-15-9-11-6-5-7-12(14)8-11/h5-8,13,15H,3-4,9-10H2,1-2H3. The highest BCUT2D eigenvalue weighted by atomic mass is 35.5. The van der Waals surface area contributed by atoms with Crippen LogP contribution >= 0.6 is 11.6 Å². The molecule has 0 saturated carbocycles. The van der Waals surface area contributed by atoms with Gasteiger partial charge in [-0.2, -0.15) is 0 Å². The smallest absolute Gasteiger partial charge is 0.169 e. The van der Waals surface area contributed by atoms with Crippen molar-refractivity contribution in [2.24, 2.45) is 0 Å². The zero-order chi connectivity index (χ0) is 12.5. The molecule has 0 amide bonds. The Morgan fingerprint density at radius 3 is 2.53 bits per heavy atom. The van der Waals surface area contributed by atoms with Crippen LogP contribution in [0.3, 0.4) is 0 Å². The lowest BCUT2D eigenvalue weighted by Gasteiger charge is -2.17. The van der Waals surface area contributed by atoms with Crippen LogP contribution in [0, 0.1) is 0 Å². The largest absolute Gasteiger partial charge is 0.352 e. The third-order valence-electron chi connectivity index (χ3n) is 2.23. The van der Waals surface area contributed by atoms with Gasteiger partial charge in [0.25, 0.3) is 0 Å². The van der Waals surface area contributed by atoms with E-state index in [0.717, 1.165) is 17.1 Å². The molecular formula is C13H20ClNO2. The first-order valence-electron chi connectivity index (χ1n) is 5.94. The molecule has 0 saturated heterocycles. The Bertz CT molecular complexity index is 314. The zero-order valence-corrected chi connectivity index (χ0v) is 11.2. The van der Waals surface area contributed by atoms with Gasteiger partial charge in [-0.3, -0.25) is 0 Å². The normalized spacial score (nSPS) is 11.1. The highest BCUT2D eigenvalue weighted by Crippen LogP contribution is 2.10. The summed E-state index contributed by atoms with van der Waals surface area (Å²) in [6, 6.07) is 7.80. The molecule has 1 N–H and O–H groups in total. The van der Waals surface area contributed by atoms with Crippen molar-refractivity contribution in [2.75, 3.05) is 19.8 Å². The molecule has 0 heterocycles. The monoisotopic (exact) mass is 257 g/mol. The summed E-state index contributed by atoms with van der Waals surface area (Å²) in [7, 11) is 0. The Morgan fingerprint density at radius 1 is 1.24 bits per heavy atom. The molecule has 4 heteroatoms. The molecule has 0 atom stereocenters. The van der Waals surface area contributed by atoms with Gasteiger partial charge in [0.2, 0.25) is 0 Å². The first-order chi connectivity index (χ1) is 8.26. The molecule has 0 aliphatic rings. The van der Waals surface area contributed by atoms with Gasteiger partial charge in [-0.15, -0.1) is 0 Å². The number of hydrogen-bond acceptors (Lipinski definition) is 3. The van der Waals surface area contributed by atoms with Crippen LogP contribution in [-0.4, -0.2) is 26.0 Å². The Kier molecular flexibility index (Phi) is 7.21. The molecule has 1 rings (SSSR count). The van der Waals surface area contributed by atoms with E-state index in [0.29, 0.717) is 19.8 Å². The lowest BCUT2D eigenvalue weighted by Crippen LogP contribution is -2.31. The molecule has 0 fully saturated rings. The van der Waals surface area contributed by atoms with Gasteiger partial charge in [0.15, 0.2) is 6.29 Å². The minimum Gasteiger partial charge on any atom is -0.352 e. The quantitative estimate of drug-likeness (QED) is 0.727. The predicted octanol–water partition coefficient (Wildman–Crippen LogP) is 2.83. The van der Waals surface area contributed by atoms with E-state index in [1.165, 1.54) is 0 Å². The van der Waals surface area contributed by atoms with E-state index in [2.05, 4.69) is 5.32 Å². The fourth-order valence-electron chi connectivity index (χ4n) is 1.52. The van der Waals surface area contributed by atoms with Gasteiger partial charge < -0.3 is 14.8 Å². The van der Waals surface area contributed by atoms with E-state index in [1.807, 2.05) is 38.1 Å². The molecule has 0 spiro atoms. The van der Waals surface area contributed by atoms with E-state index >= 15 is 0 Å². The van der Waals surface area contributed by atoms with Gasteiger partial charge in [0.05, 0.1) is 0 Å². The van der Waals surface area contributed by atoms with Crippen LogP contribution in [0.15, 0.2) is 24.3 Å². The summed E-state index contributed by atoms with van der Waals surface area (Å²) >= 11 is 5.91. The SMILES string of the molecule is CCOC(CNCc1cccc(Cl)c1)OCC. The number of nitrogens with one attached hydrogen (secondary N) is 1. The average molecular weight is 258 g/mol. The zero-order valence-electron chi connectivity index (χ0n) is 10.4. The highest BCUT2D eigenvalue weighted by molar-refractivity contribution is 6.30. The molecule has 0 aliphatic heterocycles. The van der Waals surface area contributed by atoms with Crippen LogP contribution in [-0.2, 0) is 16.0 Å². The van der Waals surface area contributed by atoms with Crippen LogP contribution < -0.4 is 5.32 Å². The molecule has 0 unspecified atom stereocenters. The molecule has 96 valence electrons. The van der Waals surface area contributed by atoms with Gasteiger partial charge in [-0.25, -0.2) is 0 Å². The fourth-order valence-corrected chi connectivity index (χ4v) is 1.73. The van der Waals surface area contributed by atoms with E-state index in [9.17, 15) is 0 Å². The van der Waals surface area contributed by atoms with Crippen molar-refractivity contribution >= 4 is 11.6 Å². The first kappa shape index (κ1) is 14.5. The predicted molar refractivity (Wildman–Crippen MR) is 70.2 cm³/mol. The fraction of sp³-hybridized carbons (Fsp3) is 0.538. The Morgan fingerprint density at radius 2 is 1.94 bits per heavy atom. The van der Waals surface area contributed by atoms with Crippen LogP contribution in [0.1, 0.15) is 19.4 Å². The Balaban J connectivity index is 2.30. The number of halogens is 1. The van der Waals surface area contributed by atoms with Gasteiger partial charge in [0.1, 0.15) is 0 Å². The molecule has 1 aromatic rings.